The molecule has 0 heterocycles. The Morgan fingerprint density at radius 3 is 2.67 bits per heavy atom. The molecule has 0 saturated heterocycles. The van der Waals surface area contributed by atoms with Crippen molar-refractivity contribution < 1.29 is 4.74 Å². The molecule has 6 heavy (non-hydrogen) atoms. The van der Waals surface area contributed by atoms with Gasteiger partial charge in [0.15, 0.2) is 0 Å². The van der Waals surface area contributed by atoms with Gasteiger partial charge in [-0.3, -0.25) is 0 Å². The van der Waals surface area contributed by atoms with E-state index >= 15 is 0 Å². The van der Waals surface area contributed by atoms with Crippen LogP contribution in [0.3, 0.4) is 0 Å². The minimum atomic E-state index is 0.443. The number of alkyl halides is 1. The van der Waals surface area contributed by atoms with Gasteiger partial charge in [-0.1, -0.05) is 6.42 Å². The van der Waals surface area contributed by atoms with E-state index in [4.69, 9.17) is 11.6 Å². The van der Waals surface area contributed by atoms with Crippen molar-refractivity contribution in [2.45, 2.75) is 0 Å². The lowest BCUT2D eigenvalue weighted by molar-refractivity contribution is 0.302. The molecule has 0 radical (unpaired) electrons. The Bertz CT molecular complexity index is 55.1. The first kappa shape index (κ1) is 5.65. The minimum absolute atomic E-state index is 0.443. The second-order valence-corrected chi connectivity index (χ2v) is 1.03. The Kier molecular flexibility index (Phi) is 4.38. The van der Waals surface area contributed by atoms with Gasteiger partial charge < -0.3 is 4.74 Å². The molecular weight excluding hydrogens is 99.5 g/mol. The standard InChI is InChI=1S/C4H5ClO/c1-2-6-4-3-5/h1H,3-4H2. The lowest BCUT2D eigenvalue weighted by atomic mass is 10.9. The van der Waals surface area contributed by atoms with Crippen LogP contribution in [0.5, 0.6) is 0 Å². The third-order valence-corrected chi connectivity index (χ3v) is 0.417. The Balaban J connectivity index is 2.54. The first-order chi connectivity index (χ1) is 2.91. The average molecular weight is 105 g/mol. The monoisotopic (exact) mass is 104 g/mol. The van der Waals surface area contributed by atoms with Crippen molar-refractivity contribution in [3.05, 3.63) is 0 Å². The van der Waals surface area contributed by atoms with Crippen molar-refractivity contribution in [1.82, 2.24) is 0 Å². The quantitative estimate of drug-likeness (QED) is 0.287. The van der Waals surface area contributed by atoms with E-state index in [2.05, 4.69) is 11.2 Å². The molecule has 0 spiro atoms. The molecule has 34 valence electrons. The molecular formula is C4H5ClO. The summed E-state index contributed by atoms with van der Waals surface area (Å²) in [7, 11) is 0. The van der Waals surface area contributed by atoms with Gasteiger partial charge in [-0.05, 0) is 0 Å². The molecule has 0 amide bonds. The normalized spacial score (nSPS) is 6.67. The maximum atomic E-state index is 5.16. The number of terminal acetylenes is 1. The average Bonchev–Trinajstić information content (AvgIpc) is 1.61. The summed E-state index contributed by atoms with van der Waals surface area (Å²) >= 11 is 5.16. The zero-order valence-corrected chi connectivity index (χ0v) is 4.03. The van der Waals surface area contributed by atoms with Crippen molar-refractivity contribution in [1.29, 1.82) is 0 Å². The van der Waals surface area contributed by atoms with Crippen LogP contribution in [0.25, 0.3) is 0 Å². The fourth-order valence-corrected chi connectivity index (χ4v) is 0.175. The van der Waals surface area contributed by atoms with E-state index in [9.17, 15) is 0 Å². The van der Waals surface area contributed by atoms with Crippen molar-refractivity contribution in [3.63, 3.8) is 0 Å². The van der Waals surface area contributed by atoms with E-state index in [1.54, 1.807) is 0 Å². The molecule has 0 bridgehead atoms. The van der Waals surface area contributed by atoms with E-state index in [0.717, 1.165) is 0 Å². The number of rotatable bonds is 2. The summed E-state index contributed by atoms with van der Waals surface area (Å²) in [6, 6.07) is 0. The summed E-state index contributed by atoms with van der Waals surface area (Å²) < 4.78 is 4.38. The van der Waals surface area contributed by atoms with E-state index < -0.39 is 0 Å². The Hall–Kier alpha value is -0.350. The van der Waals surface area contributed by atoms with Gasteiger partial charge in [0.2, 0.25) is 0 Å². The van der Waals surface area contributed by atoms with Crippen LogP contribution in [0.4, 0.5) is 0 Å². The third kappa shape index (κ3) is 3.65. The van der Waals surface area contributed by atoms with Crippen LogP contribution >= 0.6 is 11.6 Å². The predicted molar refractivity (Wildman–Crippen MR) is 25.5 cm³/mol. The largest absolute Gasteiger partial charge is 0.446 e. The number of halogens is 1. The fraction of sp³-hybridized carbons (Fsp3) is 0.500. The van der Waals surface area contributed by atoms with E-state index in [1.165, 1.54) is 0 Å². The molecule has 0 N–H and O–H groups in total. The highest BCUT2D eigenvalue weighted by Crippen LogP contribution is 1.72. The van der Waals surface area contributed by atoms with E-state index in [-0.39, 0.29) is 0 Å². The molecule has 0 aliphatic heterocycles. The van der Waals surface area contributed by atoms with Gasteiger partial charge in [0, 0.05) is 0 Å². The van der Waals surface area contributed by atoms with Crippen LogP contribution in [0, 0.1) is 12.5 Å². The molecule has 0 fully saturated rings. The highest BCUT2D eigenvalue weighted by Gasteiger charge is 1.71. The van der Waals surface area contributed by atoms with Gasteiger partial charge in [0.1, 0.15) is 12.7 Å². The van der Waals surface area contributed by atoms with Crippen LogP contribution in [0.1, 0.15) is 0 Å². The van der Waals surface area contributed by atoms with Gasteiger partial charge in [-0.2, -0.15) is 0 Å². The van der Waals surface area contributed by atoms with Gasteiger partial charge in [-0.15, -0.1) is 11.6 Å². The Labute approximate surface area is 42.3 Å². The summed E-state index contributed by atoms with van der Waals surface area (Å²) in [6.45, 7) is 0.443. The molecule has 0 rings (SSSR count). The molecule has 0 saturated carbocycles. The zero-order valence-electron chi connectivity index (χ0n) is 3.28. The zero-order chi connectivity index (χ0) is 4.83. The molecule has 0 aromatic heterocycles. The summed E-state index contributed by atoms with van der Waals surface area (Å²) in [5, 5.41) is 0. The summed E-state index contributed by atoms with van der Waals surface area (Å²) in [5.74, 6) is 0.463. The van der Waals surface area contributed by atoms with Gasteiger partial charge >= 0.3 is 0 Å². The molecule has 0 aromatic rings. The van der Waals surface area contributed by atoms with Crippen LogP contribution in [0.15, 0.2) is 0 Å². The van der Waals surface area contributed by atoms with Crippen LogP contribution in [-0.4, -0.2) is 12.5 Å². The maximum absolute atomic E-state index is 5.16. The molecule has 0 unspecified atom stereocenters. The maximum Gasteiger partial charge on any atom is 0.114 e. The lowest BCUT2D eigenvalue weighted by Gasteiger charge is -1.84. The minimum Gasteiger partial charge on any atom is -0.446 e. The number of hydrogen-bond donors (Lipinski definition) is 0. The second-order valence-electron chi connectivity index (χ2n) is 0.655. The topological polar surface area (TPSA) is 9.23 Å². The molecule has 0 aromatic carbocycles. The first-order valence-corrected chi connectivity index (χ1v) is 2.08. The number of hydrogen-bond acceptors (Lipinski definition) is 1. The first-order valence-electron chi connectivity index (χ1n) is 1.55. The van der Waals surface area contributed by atoms with Crippen molar-refractivity contribution in [2.75, 3.05) is 12.5 Å². The van der Waals surface area contributed by atoms with Crippen molar-refractivity contribution >= 4 is 11.6 Å². The van der Waals surface area contributed by atoms with Crippen LogP contribution < -0.4 is 0 Å². The van der Waals surface area contributed by atoms with Gasteiger partial charge in [0.05, 0.1) is 5.88 Å². The molecule has 1 nitrogen and oxygen atoms in total. The van der Waals surface area contributed by atoms with Gasteiger partial charge in [-0.25, -0.2) is 0 Å². The van der Waals surface area contributed by atoms with Crippen molar-refractivity contribution in [2.24, 2.45) is 0 Å². The smallest absolute Gasteiger partial charge is 0.114 e. The summed E-state index contributed by atoms with van der Waals surface area (Å²) in [5.41, 5.74) is 0. The Morgan fingerprint density at radius 2 is 2.50 bits per heavy atom. The SMILES string of the molecule is C#COCCCl. The second kappa shape index (κ2) is 4.65. The van der Waals surface area contributed by atoms with E-state index in [1.807, 2.05) is 6.11 Å². The molecule has 0 aliphatic carbocycles. The Morgan fingerprint density at radius 1 is 1.83 bits per heavy atom. The summed E-state index contributed by atoms with van der Waals surface area (Å²) in [6.07, 6.45) is 6.67. The van der Waals surface area contributed by atoms with E-state index in [0.29, 0.717) is 12.5 Å². The van der Waals surface area contributed by atoms with Gasteiger partial charge in [0.25, 0.3) is 0 Å². The van der Waals surface area contributed by atoms with Crippen molar-refractivity contribution in [3.8, 4) is 12.5 Å². The lowest BCUT2D eigenvalue weighted by Crippen LogP contribution is -1.85. The summed E-state index contributed by atoms with van der Waals surface area (Å²) in [4.78, 5) is 0. The fourth-order valence-electron chi connectivity index (χ4n) is 0.0975. The van der Waals surface area contributed by atoms with Crippen LogP contribution in [-0.2, 0) is 4.74 Å². The molecule has 2 heteroatoms. The predicted octanol–water partition coefficient (Wildman–Crippen LogP) is 0.833. The van der Waals surface area contributed by atoms with Crippen LogP contribution in [0.2, 0.25) is 0 Å². The third-order valence-electron chi connectivity index (χ3n) is 0.263. The molecule has 0 atom stereocenters. The molecule has 0 aliphatic rings. The number of ether oxygens (including phenoxy) is 1. The highest BCUT2D eigenvalue weighted by atomic mass is 35.5. The highest BCUT2D eigenvalue weighted by molar-refractivity contribution is 6.17.